The molecule has 0 spiro atoms. The van der Waals surface area contributed by atoms with E-state index in [4.69, 9.17) is 17.7 Å². The summed E-state index contributed by atoms with van der Waals surface area (Å²) in [5, 5.41) is 8.58. The minimum absolute atomic E-state index is 0.0928. The van der Waals surface area contributed by atoms with E-state index in [0.717, 1.165) is 117 Å². The van der Waals surface area contributed by atoms with Crippen molar-refractivity contribution in [3.63, 3.8) is 0 Å². The van der Waals surface area contributed by atoms with Crippen molar-refractivity contribution in [1.29, 1.82) is 0 Å². The highest BCUT2D eigenvalue weighted by molar-refractivity contribution is 6.13. The highest BCUT2D eigenvalue weighted by atomic mass is 16.4. The summed E-state index contributed by atoms with van der Waals surface area (Å²) in [6, 6.07) is 70.9. The lowest BCUT2D eigenvalue weighted by atomic mass is 10.1. The van der Waals surface area contributed by atoms with Crippen LogP contribution in [0.1, 0.15) is 49.9 Å². The van der Waals surface area contributed by atoms with Gasteiger partial charge in [-0.1, -0.05) is 97.1 Å². The van der Waals surface area contributed by atoms with E-state index in [2.05, 4.69) is 315 Å². The Morgan fingerprint density at radius 3 is 1.09 bits per heavy atom. The van der Waals surface area contributed by atoms with Crippen molar-refractivity contribution >= 4 is 157 Å². The Hall–Kier alpha value is -13.2. The summed E-state index contributed by atoms with van der Waals surface area (Å²) in [4.78, 5) is 45.1. The Morgan fingerprint density at radius 2 is 0.613 bits per heavy atom. The molecule has 0 bridgehead atoms. The fourth-order valence-corrected chi connectivity index (χ4v) is 16.0. The number of hydrogen-bond acceptors (Lipinski definition) is 18. The summed E-state index contributed by atoms with van der Waals surface area (Å²) in [7, 11) is 4.17. The van der Waals surface area contributed by atoms with Gasteiger partial charge in [-0.25, -0.2) is 29.9 Å². The number of pyridine rings is 6. The van der Waals surface area contributed by atoms with Gasteiger partial charge in [0.2, 0.25) is 22.9 Å². The van der Waals surface area contributed by atoms with Crippen molar-refractivity contribution in [3.8, 4) is 0 Å². The molecular weight excluding hydrogens is 1320 g/mol. The largest absolute Gasteiger partial charge is 0.435 e. The maximum absolute atomic E-state index is 6.31. The van der Waals surface area contributed by atoms with Crippen LogP contribution in [0.3, 0.4) is 0 Å². The Balaban J connectivity index is 0.000000100. The minimum Gasteiger partial charge on any atom is -0.435 e. The fraction of sp³-hybridized carbons (Fsp3) is 0.159. The zero-order chi connectivity index (χ0) is 72.2. The third-order valence-corrected chi connectivity index (χ3v) is 21.4. The second kappa shape index (κ2) is 25.9. The highest BCUT2D eigenvalue weighted by Gasteiger charge is 2.40. The van der Waals surface area contributed by atoms with Crippen molar-refractivity contribution in [3.05, 3.63) is 278 Å². The molecule has 18 nitrogen and oxygen atoms in total. The smallest absolute Gasteiger partial charge is 0.227 e. The molecule has 0 saturated carbocycles. The first-order valence-corrected chi connectivity index (χ1v) is 35.8. The van der Waals surface area contributed by atoms with E-state index in [1.807, 2.05) is 54.9 Å². The molecule has 0 amide bonds. The van der Waals surface area contributed by atoms with Crippen LogP contribution in [0.2, 0.25) is 0 Å². The Kier molecular flexibility index (Phi) is 15.9. The average molecular weight is 1390 g/mol. The van der Waals surface area contributed by atoms with Gasteiger partial charge in [0.05, 0.1) is 45.5 Å². The first kappa shape index (κ1) is 64.8. The third kappa shape index (κ3) is 10.4. The lowest BCUT2D eigenvalue weighted by Gasteiger charge is -2.31. The molecule has 18 heteroatoms. The van der Waals surface area contributed by atoms with Crippen molar-refractivity contribution in [2.24, 2.45) is 0 Å². The third-order valence-electron chi connectivity index (χ3n) is 21.4. The molecule has 4 aliphatic heterocycles. The molecule has 7 aromatic carbocycles. The second-order valence-electron chi connectivity index (χ2n) is 27.5. The topological polar surface area (TPSA) is 156 Å². The quantitative estimate of drug-likeness (QED) is 0.155. The molecule has 21 rings (SSSR count). The lowest BCUT2D eigenvalue weighted by Crippen LogP contribution is -2.36. The molecule has 0 fully saturated rings. The summed E-state index contributed by atoms with van der Waals surface area (Å²) in [5.41, 5.74) is 22.2. The van der Waals surface area contributed by atoms with Gasteiger partial charge in [0.1, 0.15) is 24.7 Å². The number of rotatable bonds is 6. The Bertz CT molecular complexity index is 6090. The zero-order valence-corrected chi connectivity index (χ0v) is 60.5. The van der Waals surface area contributed by atoms with E-state index in [0.29, 0.717) is 22.9 Å². The van der Waals surface area contributed by atoms with Crippen LogP contribution in [0.25, 0.3) is 88.3 Å². The van der Waals surface area contributed by atoms with E-state index in [-0.39, 0.29) is 24.7 Å². The van der Waals surface area contributed by atoms with E-state index in [9.17, 15) is 0 Å². The molecule has 4 unspecified atom stereocenters. The standard InChI is InChI=1S/C26H21N3O.C22H19N3O.2C20H18N4O/c1-17-14-15-20-21-11-8-16-27-26(21)30-25(20)24(17)29-18(2)28(19-9-4-3-5-10-19)22-12-6-7-13-23(22)29;1-15-10-11-18-19-9-6-12-23-22(19)26-21(18)20(15)25-14-13-24(16(25)2)17-7-4-3-5-8-17;1-12-8-9-14-15-6-4-11-22-20(15)25-18(14)17(12)24-13(2)23(3)19-16(24)7-5-10-21-19;1-12-8-9-14-15-6-4-11-22-20(15)25-18(14)17(12)24-13(2)23(3)16-7-5-10-21-19(16)24/h3-16,18H,1-2H3;3-14,16H,1-2H3;2*4-11,13H,1-3H3. The Morgan fingerprint density at radius 1 is 0.264 bits per heavy atom. The van der Waals surface area contributed by atoms with Gasteiger partial charge in [0.25, 0.3) is 0 Å². The highest BCUT2D eigenvalue weighted by Crippen LogP contribution is 2.53. The predicted molar refractivity (Wildman–Crippen MR) is 430 cm³/mol. The molecule has 4 atom stereocenters. The second-order valence-corrected chi connectivity index (χ2v) is 27.5. The van der Waals surface area contributed by atoms with Gasteiger partial charge in [0, 0.05) is 118 Å². The van der Waals surface area contributed by atoms with Crippen LogP contribution in [0.5, 0.6) is 0 Å². The first-order chi connectivity index (χ1) is 51.8. The van der Waals surface area contributed by atoms with Gasteiger partial charge < -0.3 is 56.9 Å². The maximum Gasteiger partial charge on any atom is 0.227 e. The summed E-state index contributed by atoms with van der Waals surface area (Å²) in [6.45, 7) is 17.3. The minimum atomic E-state index is 0.0928. The van der Waals surface area contributed by atoms with Crippen LogP contribution in [-0.2, 0) is 0 Å². The van der Waals surface area contributed by atoms with Crippen LogP contribution >= 0.6 is 0 Å². The number of aryl methyl sites for hydroxylation is 4. The first-order valence-electron chi connectivity index (χ1n) is 35.8. The van der Waals surface area contributed by atoms with Crippen LogP contribution in [0, 0.1) is 27.7 Å². The van der Waals surface area contributed by atoms with Crippen molar-refractivity contribution in [2.75, 3.05) is 53.3 Å². The number of para-hydroxylation sites is 4. The normalized spacial score (nSPS) is 16.6. The monoisotopic (exact) mass is 1390 g/mol. The number of benzene rings is 7. The van der Waals surface area contributed by atoms with E-state index >= 15 is 0 Å². The van der Waals surface area contributed by atoms with Crippen LogP contribution in [0.15, 0.2) is 274 Å². The molecule has 522 valence electrons. The van der Waals surface area contributed by atoms with Gasteiger partial charge in [-0.3, -0.25) is 0 Å². The molecule has 10 aromatic heterocycles. The molecule has 106 heavy (non-hydrogen) atoms. The van der Waals surface area contributed by atoms with Gasteiger partial charge in [0.15, 0.2) is 34.0 Å². The molecule has 0 saturated heterocycles. The van der Waals surface area contributed by atoms with E-state index in [1.165, 1.54) is 39.4 Å². The van der Waals surface area contributed by atoms with E-state index in [1.54, 1.807) is 24.8 Å². The number of anilines is 12. The molecule has 14 heterocycles. The van der Waals surface area contributed by atoms with Crippen LogP contribution in [-0.4, -0.2) is 68.7 Å². The van der Waals surface area contributed by atoms with Gasteiger partial charge in [-0.05, 0) is 187 Å². The predicted octanol–water partition coefficient (Wildman–Crippen LogP) is 21.6. The molecule has 4 aliphatic rings. The van der Waals surface area contributed by atoms with Gasteiger partial charge >= 0.3 is 0 Å². The fourth-order valence-electron chi connectivity index (χ4n) is 16.0. The summed E-state index contributed by atoms with van der Waals surface area (Å²) in [5.74, 6) is 1.95. The number of furan rings is 4. The van der Waals surface area contributed by atoms with Crippen LogP contribution < -0.4 is 39.2 Å². The van der Waals surface area contributed by atoms with Crippen molar-refractivity contribution in [1.82, 2.24) is 29.9 Å². The summed E-state index contributed by atoms with van der Waals surface area (Å²) >= 11 is 0. The lowest BCUT2D eigenvalue weighted by molar-refractivity contribution is 0.647. The maximum atomic E-state index is 6.31. The molecule has 17 aromatic rings. The van der Waals surface area contributed by atoms with Crippen molar-refractivity contribution < 1.29 is 17.7 Å². The molecule has 0 N–H and O–H groups in total. The Labute approximate surface area is 612 Å². The zero-order valence-electron chi connectivity index (χ0n) is 60.5. The molecule has 0 radical (unpaired) electrons. The van der Waals surface area contributed by atoms with Gasteiger partial charge in [-0.15, -0.1) is 0 Å². The number of hydrogen-bond donors (Lipinski definition) is 0. The number of fused-ring (bicyclic) bond motifs is 15. The average Bonchev–Trinajstić information content (AvgIpc) is 1.58. The van der Waals surface area contributed by atoms with E-state index < -0.39 is 0 Å². The van der Waals surface area contributed by atoms with Crippen molar-refractivity contribution in [2.45, 2.75) is 80.1 Å². The SMILES string of the molecule is Cc1ccc2c(oc3ncccc32)c1N1C=CN(c2ccccc2)C1C.Cc1ccc2c(oc3ncccc32)c1N1c2ccccc2N(c2ccccc2)C1C.Cc1ccc2c(oc3ncccc32)c1N1c2cccnc2N(C)C1C.Cc1ccc2c(oc3ncccc32)c1N1c2ncccc2N(C)C1C. The summed E-state index contributed by atoms with van der Waals surface area (Å²) in [6.07, 6.45) is 15.6. The number of aromatic nitrogens is 6. The molecule has 0 aliphatic carbocycles. The van der Waals surface area contributed by atoms with Gasteiger partial charge in [-0.2, -0.15) is 0 Å². The number of nitrogens with zero attached hydrogens (tertiary/aromatic N) is 14. The van der Waals surface area contributed by atoms with Crippen LogP contribution in [0.4, 0.5) is 68.5 Å². The molecular formula is C88H76N14O4. The summed E-state index contributed by atoms with van der Waals surface area (Å²) < 4.78 is 24.8.